The number of hydrogen-bond donors (Lipinski definition) is 2. The van der Waals surface area contributed by atoms with Crippen molar-refractivity contribution in [2.45, 2.75) is 19.6 Å². The topological polar surface area (TPSA) is 62.3 Å². The standard InChI is InChI=1S/C17H17Cl2N3O/c18-14-5-1-4-12(16(14)19)10-23-15-6-2-3-11-9-22(17(20)21)8-7-13(11)15/h1-6H,7-10H2,(H3,20,21). The number of halogens is 2. The Bertz CT molecular complexity index is 749. The van der Waals surface area contributed by atoms with Gasteiger partial charge in [-0.25, -0.2) is 0 Å². The summed E-state index contributed by atoms with van der Waals surface area (Å²) in [5.74, 6) is 0.953. The normalized spacial score (nSPS) is 13.6. The van der Waals surface area contributed by atoms with Gasteiger partial charge in [0.15, 0.2) is 5.96 Å². The highest BCUT2D eigenvalue weighted by Crippen LogP contribution is 2.30. The van der Waals surface area contributed by atoms with Gasteiger partial charge >= 0.3 is 0 Å². The van der Waals surface area contributed by atoms with E-state index in [0.717, 1.165) is 29.8 Å². The van der Waals surface area contributed by atoms with Gasteiger partial charge in [0.25, 0.3) is 0 Å². The molecule has 2 aromatic rings. The van der Waals surface area contributed by atoms with E-state index in [-0.39, 0.29) is 5.96 Å². The summed E-state index contributed by atoms with van der Waals surface area (Å²) < 4.78 is 5.98. The number of hydrogen-bond acceptors (Lipinski definition) is 2. The lowest BCUT2D eigenvalue weighted by molar-refractivity contribution is 0.296. The van der Waals surface area contributed by atoms with Crippen molar-refractivity contribution < 1.29 is 4.74 Å². The molecule has 1 aliphatic heterocycles. The summed E-state index contributed by atoms with van der Waals surface area (Å²) >= 11 is 12.2. The Hall–Kier alpha value is -1.91. The van der Waals surface area contributed by atoms with Crippen molar-refractivity contribution in [3.63, 3.8) is 0 Å². The highest BCUT2D eigenvalue weighted by Gasteiger charge is 2.20. The molecule has 0 spiro atoms. The number of rotatable bonds is 3. The number of fused-ring (bicyclic) bond motifs is 1. The van der Waals surface area contributed by atoms with Gasteiger partial charge in [-0.1, -0.05) is 47.5 Å². The highest BCUT2D eigenvalue weighted by atomic mass is 35.5. The van der Waals surface area contributed by atoms with Gasteiger partial charge in [0, 0.05) is 24.2 Å². The molecule has 0 aromatic heterocycles. The molecular weight excluding hydrogens is 333 g/mol. The Kier molecular flexibility index (Phi) is 4.64. The minimum atomic E-state index is 0.104. The minimum absolute atomic E-state index is 0.104. The van der Waals surface area contributed by atoms with Gasteiger partial charge in [0.2, 0.25) is 0 Å². The molecule has 0 bridgehead atoms. The van der Waals surface area contributed by atoms with Crippen molar-refractivity contribution in [3.05, 3.63) is 63.1 Å². The van der Waals surface area contributed by atoms with Crippen LogP contribution in [0.4, 0.5) is 0 Å². The molecule has 3 rings (SSSR count). The molecule has 0 unspecified atom stereocenters. The first-order chi connectivity index (χ1) is 11.1. The molecule has 0 fully saturated rings. The summed E-state index contributed by atoms with van der Waals surface area (Å²) in [7, 11) is 0. The molecule has 6 heteroatoms. The van der Waals surface area contributed by atoms with Crippen molar-refractivity contribution in [1.29, 1.82) is 5.41 Å². The van der Waals surface area contributed by atoms with E-state index in [4.69, 9.17) is 39.1 Å². The maximum absolute atomic E-state index is 7.57. The van der Waals surface area contributed by atoms with Crippen LogP contribution in [0.3, 0.4) is 0 Å². The fourth-order valence-electron chi connectivity index (χ4n) is 2.73. The van der Waals surface area contributed by atoms with Gasteiger partial charge in [-0.05, 0) is 24.1 Å². The zero-order valence-electron chi connectivity index (χ0n) is 12.5. The van der Waals surface area contributed by atoms with Crippen LogP contribution in [0.25, 0.3) is 0 Å². The van der Waals surface area contributed by atoms with Crippen LogP contribution in [0, 0.1) is 5.41 Å². The van der Waals surface area contributed by atoms with E-state index in [1.807, 2.05) is 35.2 Å². The second-order valence-corrected chi connectivity index (χ2v) is 6.24. The lowest BCUT2D eigenvalue weighted by Gasteiger charge is -2.30. The minimum Gasteiger partial charge on any atom is -0.489 e. The molecule has 0 saturated heterocycles. The molecule has 0 radical (unpaired) electrons. The number of nitrogens with zero attached hydrogens (tertiary/aromatic N) is 1. The van der Waals surface area contributed by atoms with Crippen LogP contribution in [0.15, 0.2) is 36.4 Å². The van der Waals surface area contributed by atoms with Crippen molar-refractivity contribution in [3.8, 4) is 5.75 Å². The summed E-state index contributed by atoms with van der Waals surface area (Å²) in [6, 6.07) is 11.5. The van der Waals surface area contributed by atoms with E-state index < -0.39 is 0 Å². The first kappa shape index (κ1) is 16.0. The van der Waals surface area contributed by atoms with Crippen LogP contribution in [0.2, 0.25) is 10.0 Å². The Labute approximate surface area is 145 Å². The van der Waals surface area contributed by atoms with Gasteiger partial charge in [0.1, 0.15) is 12.4 Å². The smallest absolute Gasteiger partial charge is 0.188 e. The van der Waals surface area contributed by atoms with Crippen molar-refractivity contribution >= 4 is 29.2 Å². The Morgan fingerprint density at radius 2 is 2.00 bits per heavy atom. The molecule has 1 aliphatic rings. The zero-order chi connectivity index (χ0) is 16.4. The van der Waals surface area contributed by atoms with Gasteiger partial charge < -0.3 is 15.4 Å². The third-order valence-corrected chi connectivity index (χ3v) is 4.84. The molecule has 0 amide bonds. The van der Waals surface area contributed by atoms with Crippen LogP contribution >= 0.6 is 23.2 Å². The molecule has 0 aliphatic carbocycles. The SMILES string of the molecule is N=C(N)N1CCc2c(cccc2OCc2cccc(Cl)c2Cl)C1. The maximum atomic E-state index is 7.57. The molecule has 2 aromatic carbocycles. The van der Waals surface area contributed by atoms with Crippen LogP contribution in [-0.2, 0) is 19.6 Å². The summed E-state index contributed by atoms with van der Waals surface area (Å²) in [4.78, 5) is 1.85. The van der Waals surface area contributed by atoms with Gasteiger partial charge in [-0.15, -0.1) is 0 Å². The van der Waals surface area contributed by atoms with E-state index in [0.29, 0.717) is 23.2 Å². The molecule has 0 atom stereocenters. The van der Waals surface area contributed by atoms with Gasteiger partial charge in [-0.3, -0.25) is 5.41 Å². The summed E-state index contributed by atoms with van der Waals surface area (Å²) in [5.41, 5.74) is 8.75. The Morgan fingerprint density at radius 1 is 1.22 bits per heavy atom. The predicted octanol–water partition coefficient (Wildman–Crippen LogP) is 3.82. The van der Waals surface area contributed by atoms with Crippen LogP contribution in [0.1, 0.15) is 16.7 Å². The Morgan fingerprint density at radius 3 is 2.78 bits per heavy atom. The van der Waals surface area contributed by atoms with Crippen LogP contribution in [0.5, 0.6) is 5.75 Å². The van der Waals surface area contributed by atoms with Crippen LogP contribution < -0.4 is 10.5 Å². The van der Waals surface area contributed by atoms with Crippen molar-refractivity contribution in [2.24, 2.45) is 5.73 Å². The number of guanidine groups is 1. The van der Waals surface area contributed by atoms with Gasteiger partial charge in [-0.2, -0.15) is 0 Å². The Balaban J connectivity index is 1.78. The highest BCUT2D eigenvalue weighted by molar-refractivity contribution is 6.42. The molecule has 120 valence electrons. The van der Waals surface area contributed by atoms with Gasteiger partial charge in [0.05, 0.1) is 10.0 Å². The first-order valence-corrected chi connectivity index (χ1v) is 8.07. The molecule has 1 heterocycles. The first-order valence-electron chi connectivity index (χ1n) is 7.31. The average Bonchev–Trinajstić information content (AvgIpc) is 2.55. The quantitative estimate of drug-likeness (QED) is 0.653. The third-order valence-electron chi connectivity index (χ3n) is 3.98. The number of ether oxygens (including phenoxy) is 1. The van der Waals surface area contributed by atoms with Crippen molar-refractivity contribution in [2.75, 3.05) is 6.54 Å². The van der Waals surface area contributed by atoms with Crippen LogP contribution in [-0.4, -0.2) is 17.4 Å². The number of benzene rings is 2. The van der Waals surface area contributed by atoms with E-state index in [2.05, 4.69) is 0 Å². The lowest BCUT2D eigenvalue weighted by Crippen LogP contribution is -2.40. The fourth-order valence-corrected chi connectivity index (χ4v) is 3.11. The summed E-state index contributed by atoms with van der Waals surface area (Å²) in [6.45, 7) is 1.73. The van der Waals surface area contributed by atoms with Crippen molar-refractivity contribution in [1.82, 2.24) is 4.90 Å². The second kappa shape index (κ2) is 6.69. The molecule has 23 heavy (non-hydrogen) atoms. The molecule has 0 saturated carbocycles. The summed E-state index contributed by atoms with van der Waals surface area (Å²) in [5, 5.41) is 8.62. The van der Waals surface area contributed by atoms with E-state index in [1.54, 1.807) is 6.07 Å². The molecular formula is C17H17Cl2N3O. The fraction of sp³-hybridized carbons (Fsp3) is 0.235. The maximum Gasteiger partial charge on any atom is 0.188 e. The largest absolute Gasteiger partial charge is 0.489 e. The second-order valence-electron chi connectivity index (χ2n) is 5.45. The van der Waals surface area contributed by atoms with E-state index in [9.17, 15) is 0 Å². The zero-order valence-corrected chi connectivity index (χ0v) is 14.0. The number of nitrogens with one attached hydrogen (secondary N) is 1. The van der Waals surface area contributed by atoms with E-state index >= 15 is 0 Å². The van der Waals surface area contributed by atoms with E-state index in [1.165, 1.54) is 5.56 Å². The summed E-state index contributed by atoms with van der Waals surface area (Å²) in [6.07, 6.45) is 0.800. The molecule has 3 N–H and O–H groups in total. The number of nitrogens with two attached hydrogens (primary N) is 1. The monoisotopic (exact) mass is 349 g/mol. The lowest BCUT2D eigenvalue weighted by atomic mass is 9.99. The predicted molar refractivity (Wildman–Crippen MR) is 93.3 cm³/mol. The molecule has 4 nitrogen and oxygen atoms in total. The third kappa shape index (κ3) is 3.38. The average molecular weight is 350 g/mol.